The maximum atomic E-state index is 13.1. The maximum Gasteiger partial charge on any atom is 0.530 e. The smallest absolute Gasteiger partial charge is 0.456 e. The molecule has 0 spiro atoms. The Morgan fingerprint density at radius 3 is 2.11 bits per heavy atom. The molecule has 0 N–H and O–H groups in total. The van der Waals surface area contributed by atoms with Crippen LogP contribution in [0, 0.1) is 10.1 Å². The van der Waals surface area contributed by atoms with Crippen LogP contribution in [0.15, 0.2) is 18.2 Å². The van der Waals surface area contributed by atoms with E-state index in [0.717, 1.165) is 33.8 Å². The minimum atomic E-state index is -4.34. The third-order valence-corrected chi connectivity index (χ3v) is 6.35. The Morgan fingerprint density at radius 1 is 0.947 bits per heavy atom. The number of nitrogens with zero attached hydrogens (tertiary/aromatic N) is 1. The summed E-state index contributed by atoms with van der Waals surface area (Å²) in [5.74, 6) is -3.39. The molecular weight excluding hydrogens is 537 g/mol. The van der Waals surface area contributed by atoms with E-state index in [1.54, 1.807) is 0 Å². The zero-order valence-corrected chi connectivity index (χ0v) is 21.4. The molecule has 1 saturated heterocycles. The molecule has 1 unspecified atom stereocenters. The fourth-order valence-electron chi connectivity index (χ4n) is 3.65. The van der Waals surface area contributed by atoms with Crippen molar-refractivity contribution < 1.29 is 65.9 Å². The lowest BCUT2D eigenvalue weighted by molar-refractivity contribution is -0.385. The number of benzene rings is 1. The topological polar surface area (TPSA) is 202 Å². The second-order valence-electron chi connectivity index (χ2n) is 8.03. The van der Waals surface area contributed by atoms with E-state index in [0.29, 0.717) is 0 Å². The van der Waals surface area contributed by atoms with Crippen molar-refractivity contribution in [3.63, 3.8) is 0 Å². The SMILES string of the molecule is CC(=O)O[C@H]1O[C@H](COP2(=O)OCc3cc([N+](=O)[O-])ccc3O2)[C@H](OC(C)=O)[C@H](OC(C)=O)[C@H]1OC(C)=O. The standard InChI is InChI=1S/C21H24NO15P/c1-10(23)32-18-17(36-21(35-13(4)26)20(34-12(3)25)19(18)33-11(2)24)9-31-38(29)30-8-14-7-15(22(27)28)5-6-16(14)37-38/h5-7,17-21H,8-9H2,1-4H3/t17-,18+,19+,20-,21+,38?/m1/s1. The molecular formula is C21H24NO15P. The van der Waals surface area contributed by atoms with E-state index in [2.05, 4.69) is 0 Å². The van der Waals surface area contributed by atoms with Gasteiger partial charge in [0.25, 0.3) is 5.69 Å². The number of rotatable bonds is 8. The average molecular weight is 561 g/mol. The lowest BCUT2D eigenvalue weighted by atomic mass is 9.98. The van der Waals surface area contributed by atoms with Crippen LogP contribution in [0.25, 0.3) is 0 Å². The van der Waals surface area contributed by atoms with Gasteiger partial charge in [0.2, 0.25) is 12.4 Å². The minimum Gasteiger partial charge on any atom is -0.456 e. The molecule has 0 bridgehead atoms. The van der Waals surface area contributed by atoms with Gasteiger partial charge in [-0.2, -0.15) is 0 Å². The molecule has 17 heteroatoms. The Hall–Kier alpha value is -3.59. The van der Waals surface area contributed by atoms with E-state index in [4.69, 9.17) is 37.3 Å². The van der Waals surface area contributed by atoms with Crippen molar-refractivity contribution in [1.29, 1.82) is 0 Å². The van der Waals surface area contributed by atoms with Crippen molar-refractivity contribution in [3.8, 4) is 5.75 Å². The molecule has 3 rings (SSSR count). The highest BCUT2D eigenvalue weighted by Crippen LogP contribution is 2.55. The summed E-state index contributed by atoms with van der Waals surface area (Å²) in [5, 5.41) is 11.0. The van der Waals surface area contributed by atoms with Crippen LogP contribution >= 0.6 is 7.82 Å². The number of nitro benzene ring substituents is 1. The normalized spacial score (nSPS) is 28.2. The Balaban J connectivity index is 1.86. The van der Waals surface area contributed by atoms with E-state index in [1.165, 1.54) is 12.1 Å². The van der Waals surface area contributed by atoms with Gasteiger partial charge >= 0.3 is 31.7 Å². The third-order valence-electron chi connectivity index (χ3n) is 5.02. The van der Waals surface area contributed by atoms with Crippen LogP contribution in [0.5, 0.6) is 5.75 Å². The van der Waals surface area contributed by atoms with Gasteiger partial charge in [-0.15, -0.1) is 0 Å². The summed E-state index contributed by atoms with van der Waals surface area (Å²) in [4.78, 5) is 57.4. The van der Waals surface area contributed by atoms with E-state index in [9.17, 15) is 33.9 Å². The fourth-order valence-corrected chi connectivity index (χ4v) is 4.88. The number of carbonyl (C=O) groups is 4. The monoisotopic (exact) mass is 561 g/mol. The van der Waals surface area contributed by atoms with Crippen LogP contribution in [0.1, 0.15) is 33.3 Å². The quantitative estimate of drug-likeness (QED) is 0.146. The fraction of sp³-hybridized carbons (Fsp3) is 0.524. The lowest BCUT2D eigenvalue weighted by Crippen LogP contribution is -2.63. The molecule has 208 valence electrons. The van der Waals surface area contributed by atoms with Crippen LogP contribution in [-0.2, 0) is 63.1 Å². The van der Waals surface area contributed by atoms with Gasteiger partial charge in [0, 0.05) is 45.4 Å². The van der Waals surface area contributed by atoms with Crippen molar-refractivity contribution >= 4 is 37.4 Å². The van der Waals surface area contributed by atoms with Gasteiger partial charge in [0.15, 0.2) is 12.2 Å². The molecule has 16 nitrogen and oxygen atoms in total. The van der Waals surface area contributed by atoms with Gasteiger partial charge in [-0.3, -0.25) is 38.3 Å². The highest BCUT2D eigenvalue weighted by Gasteiger charge is 2.54. The van der Waals surface area contributed by atoms with Crippen molar-refractivity contribution in [2.45, 2.75) is 65.0 Å². The van der Waals surface area contributed by atoms with Crippen molar-refractivity contribution in [3.05, 3.63) is 33.9 Å². The molecule has 6 atom stereocenters. The minimum absolute atomic E-state index is 0.0109. The molecule has 0 aliphatic carbocycles. The van der Waals surface area contributed by atoms with E-state index < -0.39 is 73.9 Å². The number of ether oxygens (including phenoxy) is 5. The Kier molecular flexibility index (Phi) is 9.04. The summed E-state index contributed by atoms with van der Waals surface area (Å²) in [5.41, 5.74) is 0.0128. The number of nitro groups is 1. The largest absolute Gasteiger partial charge is 0.530 e. The highest BCUT2D eigenvalue weighted by atomic mass is 31.2. The predicted molar refractivity (Wildman–Crippen MR) is 119 cm³/mol. The summed E-state index contributed by atoms with van der Waals surface area (Å²) in [6.07, 6.45) is -7.60. The molecule has 2 aliphatic rings. The van der Waals surface area contributed by atoms with Gasteiger partial charge in [-0.25, -0.2) is 4.57 Å². The first-order chi connectivity index (χ1) is 17.8. The number of fused-ring (bicyclic) bond motifs is 1. The van der Waals surface area contributed by atoms with Gasteiger partial charge in [0.1, 0.15) is 11.9 Å². The van der Waals surface area contributed by atoms with Crippen LogP contribution in [0.4, 0.5) is 5.69 Å². The highest BCUT2D eigenvalue weighted by molar-refractivity contribution is 7.49. The van der Waals surface area contributed by atoms with Gasteiger partial charge in [-0.05, 0) is 6.07 Å². The van der Waals surface area contributed by atoms with E-state index in [1.807, 2.05) is 0 Å². The van der Waals surface area contributed by atoms with Crippen LogP contribution in [0.3, 0.4) is 0 Å². The zero-order valence-electron chi connectivity index (χ0n) is 20.6. The number of phosphoric acid groups is 1. The first kappa shape index (κ1) is 29.0. The first-order valence-corrected chi connectivity index (χ1v) is 12.4. The Labute approximate surface area is 215 Å². The van der Waals surface area contributed by atoms with Gasteiger partial charge in [0.05, 0.1) is 18.1 Å². The van der Waals surface area contributed by atoms with Crippen molar-refractivity contribution in [1.82, 2.24) is 0 Å². The molecule has 2 aliphatic heterocycles. The molecule has 0 aromatic heterocycles. The number of non-ortho nitro benzene ring substituents is 1. The van der Waals surface area contributed by atoms with Gasteiger partial charge in [-0.1, -0.05) is 0 Å². The lowest BCUT2D eigenvalue weighted by Gasteiger charge is -2.43. The van der Waals surface area contributed by atoms with Crippen LogP contribution < -0.4 is 4.52 Å². The van der Waals surface area contributed by atoms with Gasteiger partial charge < -0.3 is 28.2 Å². The average Bonchev–Trinajstić information content (AvgIpc) is 2.80. The molecule has 1 fully saturated rings. The number of hydrogen-bond acceptors (Lipinski definition) is 15. The Bertz CT molecular complexity index is 1170. The summed E-state index contributed by atoms with van der Waals surface area (Å²) < 4.78 is 55.3. The van der Waals surface area contributed by atoms with Crippen LogP contribution in [-0.4, -0.2) is 66.1 Å². The summed E-state index contributed by atoms with van der Waals surface area (Å²) in [6, 6.07) is 3.54. The molecule has 0 radical (unpaired) electrons. The second kappa shape index (κ2) is 11.9. The first-order valence-electron chi connectivity index (χ1n) is 11.0. The molecule has 0 saturated carbocycles. The zero-order chi connectivity index (χ0) is 28.2. The molecule has 2 heterocycles. The van der Waals surface area contributed by atoms with Crippen LogP contribution in [0.2, 0.25) is 0 Å². The summed E-state index contributed by atoms with van der Waals surface area (Å²) in [6.45, 7) is 3.14. The van der Waals surface area contributed by atoms with E-state index >= 15 is 0 Å². The molecule has 1 aromatic rings. The third kappa shape index (κ3) is 7.25. The van der Waals surface area contributed by atoms with E-state index in [-0.39, 0.29) is 23.6 Å². The number of carbonyl (C=O) groups excluding carboxylic acids is 4. The Morgan fingerprint density at radius 2 is 1.53 bits per heavy atom. The molecule has 1 aromatic carbocycles. The van der Waals surface area contributed by atoms with Crippen molar-refractivity contribution in [2.24, 2.45) is 0 Å². The number of hydrogen-bond donors (Lipinski definition) is 0. The maximum absolute atomic E-state index is 13.1. The summed E-state index contributed by atoms with van der Waals surface area (Å²) >= 11 is 0. The molecule has 0 amide bonds. The summed E-state index contributed by atoms with van der Waals surface area (Å²) in [7, 11) is -4.34. The number of phosphoric ester groups is 1. The second-order valence-corrected chi connectivity index (χ2v) is 9.62. The van der Waals surface area contributed by atoms with Crippen molar-refractivity contribution in [2.75, 3.05) is 6.61 Å². The predicted octanol–water partition coefficient (Wildman–Crippen LogP) is 1.71. The number of esters is 4. The molecule has 38 heavy (non-hydrogen) atoms.